The Morgan fingerprint density at radius 3 is 2.50 bits per heavy atom. The fourth-order valence-electron chi connectivity index (χ4n) is 5.16. The van der Waals surface area contributed by atoms with E-state index < -0.39 is 27.8 Å². The molecule has 10 nitrogen and oxygen atoms in total. The van der Waals surface area contributed by atoms with Gasteiger partial charge in [-0.25, -0.2) is 13.1 Å². The van der Waals surface area contributed by atoms with Crippen LogP contribution in [0.15, 0.2) is 89.8 Å². The lowest BCUT2D eigenvalue weighted by Crippen LogP contribution is -2.43. The zero-order valence-electron chi connectivity index (χ0n) is 23.4. The highest BCUT2D eigenvalue weighted by molar-refractivity contribution is 7.92. The molecule has 0 saturated carbocycles. The van der Waals surface area contributed by atoms with Gasteiger partial charge in [-0.3, -0.25) is 14.3 Å². The standard InChI is InChI=1S/C31H26Cl2N6O4S/c1-19-10-12-24(33)27(16-19)36-44(42,43)21-11-13-23(32)26(17-21)34-30(40)22(18-39-29-9-5-3-7-25(29)35-37-39)31(41)38-15-14-20-6-2-4-8-28(20)38/h2-13,16-17,22,36H,14-15,18H2,1H3,(H,34,40). The predicted octanol–water partition coefficient (Wildman–Crippen LogP) is 5.69. The summed E-state index contributed by atoms with van der Waals surface area (Å²) < 4.78 is 30.6. The summed E-state index contributed by atoms with van der Waals surface area (Å²) in [4.78, 5) is 29.4. The third-order valence-electron chi connectivity index (χ3n) is 7.42. The van der Waals surface area contributed by atoms with E-state index in [1.165, 1.54) is 22.9 Å². The SMILES string of the molecule is Cc1ccc(Cl)c(NS(=O)(=O)c2ccc(Cl)c(NC(=O)C(Cn3nnc4ccccc43)C(=O)N3CCc4ccccc43)c2)c1. The van der Waals surface area contributed by atoms with Crippen LogP contribution < -0.4 is 14.9 Å². The summed E-state index contributed by atoms with van der Waals surface area (Å²) in [5, 5.41) is 11.4. The molecule has 0 fully saturated rings. The maximum absolute atomic E-state index is 14.0. The summed E-state index contributed by atoms with van der Waals surface area (Å²) in [5.41, 5.74) is 4.08. The van der Waals surface area contributed by atoms with Crippen LogP contribution in [0.1, 0.15) is 11.1 Å². The highest BCUT2D eigenvalue weighted by atomic mass is 35.5. The van der Waals surface area contributed by atoms with E-state index >= 15 is 0 Å². The van der Waals surface area contributed by atoms with Gasteiger partial charge in [0.05, 0.1) is 38.4 Å². The second-order valence-electron chi connectivity index (χ2n) is 10.4. The largest absolute Gasteiger partial charge is 0.324 e. The van der Waals surface area contributed by atoms with Crippen molar-refractivity contribution < 1.29 is 18.0 Å². The number of para-hydroxylation sites is 2. The zero-order chi connectivity index (χ0) is 31.0. The number of carbonyl (C=O) groups is 2. The van der Waals surface area contributed by atoms with Gasteiger partial charge in [0.25, 0.3) is 10.0 Å². The molecule has 1 aliphatic heterocycles. The van der Waals surface area contributed by atoms with Gasteiger partial charge in [0, 0.05) is 12.2 Å². The molecule has 2 N–H and O–H groups in total. The molecule has 0 spiro atoms. The van der Waals surface area contributed by atoms with E-state index in [1.807, 2.05) is 43.3 Å². The average Bonchev–Trinajstić information content (AvgIpc) is 3.63. The van der Waals surface area contributed by atoms with Crippen molar-refractivity contribution in [1.29, 1.82) is 0 Å². The Hall–Kier alpha value is -4.45. The number of benzene rings is 4. The third-order valence-corrected chi connectivity index (χ3v) is 9.44. The van der Waals surface area contributed by atoms with Gasteiger partial charge in [0.1, 0.15) is 11.4 Å². The number of anilines is 3. The van der Waals surface area contributed by atoms with Crippen molar-refractivity contribution in [3.05, 3.63) is 106 Å². The Labute approximate surface area is 263 Å². The first-order valence-corrected chi connectivity index (χ1v) is 15.9. The molecule has 6 rings (SSSR count). The molecule has 0 saturated heterocycles. The van der Waals surface area contributed by atoms with Gasteiger partial charge >= 0.3 is 0 Å². The Bertz CT molecular complexity index is 2030. The molecule has 4 aromatic carbocycles. The monoisotopic (exact) mass is 648 g/mol. The minimum absolute atomic E-state index is 0.0259. The second-order valence-corrected chi connectivity index (χ2v) is 12.9. The van der Waals surface area contributed by atoms with E-state index in [1.54, 1.807) is 35.2 Å². The third kappa shape index (κ3) is 5.86. The van der Waals surface area contributed by atoms with Crippen LogP contribution in [-0.4, -0.2) is 41.8 Å². The van der Waals surface area contributed by atoms with Crippen LogP contribution >= 0.6 is 23.2 Å². The van der Waals surface area contributed by atoms with E-state index in [0.29, 0.717) is 24.0 Å². The first-order chi connectivity index (χ1) is 21.1. The number of aryl methyl sites for hydroxylation is 1. The highest BCUT2D eigenvalue weighted by Crippen LogP contribution is 2.32. The number of rotatable bonds is 8. The maximum atomic E-state index is 14.0. The Kier molecular flexibility index (Phi) is 8.02. The van der Waals surface area contributed by atoms with Crippen molar-refractivity contribution in [3.8, 4) is 0 Å². The molecule has 44 heavy (non-hydrogen) atoms. The number of nitrogens with zero attached hydrogens (tertiary/aromatic N) is 4. The van der Waals surface area contributed by atoms with Crippen molar-refractivity contribution in [3.63, 3.8) is 0 Å². The van der Waals surface area contributed by atoms with Crippen LogP contribution in [0, 0.1) is 12.8 Å². The van der Waals surface area contributed by atoms with E-state index in [0.717, 1.165) is 16.8 Å². The topological polar surface area (TPSA) is 126 Å². The van der Waals surface area contributed by atoms with Crippen LogP contribution in [-0.2, 0) is 32.6 Å². The number of fused-ring (bicyclic) bond motifs is 2. The lowest BCUT2D eigenvalue weighted by Gasteiger charge is -2.24. The number of aromatic nitrogens is 3. The summed E-state index contributed by atoms with van der Waals surface area (Å²) in [6, 6.07) is 23.7. The molecule has 0 bridgehead atoms. The first-order valence-electron chi connectivity index (χ1n) is 13.7. The van der Waals surface area contributed by atoms with Crippen LogP contribution in [0.3, 0.4) is 0 Å². The fraction of sp³-hybridized carbons (Fsp3) is 0.161. The molecular weight excluding hydrogens is 623 g/mol. The van der Waals surface area contributed by atoms with E-state index in [2.05, 4.69) is 20.4 Å². The summed E-state index contributed by atoms with van der Waals surface area (Å²) in [5.74, 6) is -2.35. The molecule has 2 heterocycles. The lowest BCUT2D eigenvalue weighted by molar-refractivity contribution is -0.131. The van der Waals surface area contributed by atoms with Crippen LogP contribution in [0.4, 0.5) is 17.1 Å². The van der Waals surface area contributed by atoms with Crippen LogP contribution in [0.5, 0.6) is 0 Å². The molecule has 5 aromatic rings. The Balaban J connectivity index is 1.31. The normalized spacial score (nSPS) is 13.5. The molecule has 1 aliphatic rings. The van der Waals surface area contributed by atoms with Gasteiger partial charge in [0.15, 0.2) is 0 Å². The zero-order valence-corrected chi connectivity index (χ0v) is 25.7. The average molecular weight is 650 g/mol. The number of hydrogen-bond acceptors (Lipinski definition) is 6. The number of nitrogens with one attached hydrogen (secondary N) is 2. The molecule has 0 aliphatic carbocycles. The summed E-state index contributed by atoms with van der Waals surface area (Å²) in [6.45, 7) is 2.12. The molecule has 0 radical (unpaired) electrons. The quantitative estimate of drug-likeness (QED) is 0.208. The van der Waals surface area contributed by atoms with E-state index in [9.17, 15) is 18.0 Å². The van der Waals surface area contributed by atoms with Crippen molar-refractivity contribution in [2.45, 2.75) is 24.8 Å². The molecule has 1 unspecified atom stereocenters. The lowest BCUT2D eigenvalue weighted by atomic mass is 10.1. The van der Waals surface area contributed by atoms with Gasteiger partial charge in [0.2, 0.25) is 11.8 Å². The number of halogens is 2. The number of sulfonamides is 1. The molecule has 1 aromatic heterocycles. The Morgan fingerprint density at radius 2 is 1.66 bits per heavy atom. The van der Waals surface area contributed by atoms with E-state index in [-0.39, 0.29) is 32.9 Å². The summed E-state index contributed by atoms with van der Waals surface area (Å²) in [7, 11) is -4.12. The minimum atomic E-state index is -4.12. The van der Waals surface area contributed by atoms with Gasteiger partial charge in [-0.15, -0.1) is 5.10 Å². The molecular formula is C31H26Cl2N6O4S. The Morgan fingerprint density at radius 1 is 0.932 bits per heavy atom. The van der Waals surface area contributed by atoms with Gasteiger partial charge in [-0.2, -0.15) is 0 Å². The van der Waals surface area contributed by atoms with Crippen molar-refractivity contribution in [1.82, 2.24) is 15.0 Å². The predicted molar refractivity (Wildman–Crippen MR) is 171 cm³/mol. The minimum Gasteiger partial charge on any atom is -0.324 e. The van der Waals surface area contributed by atoms with Gasteiger partial charge in [-0.05, 0) is 73.0 Å². The van der Waals surface area contributed by atoms with Crippen molar-refractivity contribution in [2.24, 2.45) is 5.92 Å². The smallest absolute Gasteiger partial charge is 0.262 e. The second kappa shape index (κ2) is 11.9. The van der Waals surface area contributed by atoms with Crippen LogP contribution in [0.25, 0.3) is 11.0 Å². The molecule has 2 amide bonds. The van der Waals surface area contributed by atoms with Crippen LogP contribution in [0.2, 0.25) is 10.0 Å². The number of amides is 2. The van der Waals surface area contributed by atoms with E-state index in [4.69, 9.17) is 23.2 Å². The van der Waals surface area contributed by atoms with Gasteiger partial charge < -0.3 is 10.2 Å². The summed E-state index contributed by atoms with van der Waals surface area (Å²) in [6.07, 6.45) is 0.659. The molecule has 224 valence electrons. The van der Waals surface area contributed by atoms with Crippen molar-refractivity contribution >= 4 is 73.1 Å². The maximum Gasteiger partial charge on any atom is 0.262 e. The summed E-state index contributed by atoms with van der Waals surface area (Å²) >= 11 is 12.6. The van der Waals surface area contributed by atoms with Gasteiger partial charge in [-0.1, -0.05) is 64.8 Å². The van der Waals surface area contributed by atoms with Crippen molar-refractivity contribution in [2.75, 3.05) is 21.5 Å². The number of carbonyl (C=O) groups excluding carboxylic acids is 2. The number of hydrogen-bond donors (Lipinski definition) is 2. The molecule has 1 atom stereocenters. The first kappa shape index (κ1) is 29.6. The molecule has 13 heteroatoms. The fourth-order valence-corrected chi connectivity index (χ4v) is 6.64. The highest BCUT2D eigenvalue weighted by Gasteiger charge is 2.36.